The maximum absolute atomic E-state index is 5.98. The Bertz CT molecular complexity index is 519. The molecule has 1 aliphatic rings. The Morgan fingerprint density at radius 2 is 2.00 bits per heavy atom. The first-order valence-electron chi connectivity index (χ1n) is 5.29. The molecule has 0 aliphatic carbocycles. The molecule has 0 saturated carbocycles. The number of anilines is 1. The highest BCUT2D eigenvalue weighted by Crippen LogP contribution is 2.37. The summed E-state index contributed by atoms with van der Waals surface area (Å²) in [5, 5.41) is 2.53. The Morgan fingerprint density at radius 3 is 2.93 bits per heavy atom. The monoisotopic (exact) mass is 215 g/mol. The number of aryl methyl sites for hydroxylation is 1. The van der Waals surface area contributed by atoms with Gasteiger partial charge in [-0.3, -0.25) is 0 Å². The molecule has 1 heterocycles. The van der Waals surface area contributed by atoms with Crippen LogP contribution < -0.4 is 5.73 Å². The lowest BCUT2D eigenvalue weighted by Crippen LogP contribution is -1.99. The van der Waals surface area contributed by atoms with E-state index in [4.69, 9.17) is 5.73 Å². The predicted molar refractivity (Wildman–Crippen MR) is 67.4 cm³/mol. The van der Waals surface area contributed by atoms with Crippen LogP contribution in [0.4, 0.5) is 5.69 Å². The molecule has 2 aromatic carbocycles. The van der Waals surface area contributed by atoms with Gasteiger partial charge in [0, 0.05) is 16.0 Å². The van der Waals surface area contributed by atoms with Gasteiger partial charge in [-0.05, 0) is 35.6 Å². The van der Waals surface area contributed by atoms with Crippen molar-refractivity contribution in [3.05, 3.63) is 35.9 Å². The lowest BCUT2D eigenvalue weighted by atomic mass is 10.0. The molecule has 0 atom stereocenters. The summed E-state index contributed by atoms with van der Waals surface area (Å²) in [4.78, 5) is 1.45. The summed E-state index contributed by atoms with van der Waals surface area (Å²) < 4.78 is 0. The standard InChI is InChI=1S/C13H13NS/c14-12-5-1-4-11-10(12)7-6-9-3-2-8-15-13(9)11/h1,4-7H,2-3,8,14H2. The van der Waals surface area contributed by atoms with E-state index in [0.29, 0.717) is 0 Å². The first-order valence-corrected chi connectivity index (χ1v) is 6.28. The van der Waals surface area contributed by atoms with E-state index in [-0.39, 0.29) is 0 Å². The van der Waals surface area contributed by atoms with Crippen molar-refractivity contribution in [2.45, 2.75) is 17.7 Å². The molecular weight excluding hydrogens is 202 g/mol. The van der Waals surface area contributed by atoms with E-state index in [0.717, 1.165) is 5.69 Å². The highest BCUT2D eigenvalue weighted by molar-refractivity contribution is 7.99. The number of hydrogen-bond donors (Lipinski definition) is 1. The Morgan fingerprint density at radius 1 is 1.07 bits per heavy atom. The van der Waals surface area contributed by atoms with Crippen LogP contribution in [0.1, 0.15) is 12.0 Å². The van der Waals surface area contributed by atoms with Crippen molar-refractivity contribution in [1.82, 2.24) is 0 Å². The fourth-order valence-electron chi connectivity index (χ4n) is 2.20. The second-order valence-electron chi connectivity index (χ2n) is 3.95. The first-order chi connectivity index (χ1) is 7.36. The van der Waals surface area contributed by atoms with Crippen molar-refractivity contribution >= 4 is 28.2 Å². The highest BCUT2D eigenvalue weighted by Gasteiger charge is 2.13. The second kappa shape index (κ2) is 3.46. The van der Waals surface area contributed by atoms with Crippen LogP contribution in [0.15, 0.2) is 35.2 Å². The number of rotatable bonds is 0. The number of nitrogens with two attached hydrogens (primary N) is 1. The van der Waals surface area contributed by atoms with Crippen LogP contribution in [0.2, 0.25) is 0 Å². The van der Waals surface area contributed by atoms with Crippen molar-refractivity contribution in [2.75, 3.05) is 11.5 Å². The molecular formula is C13H13NS. The average molecular weight is 215 g/mol. The van der Waals surface area contributed by atoms with Gasteiger partial charge in [0.05, 0.1) is 0 Å². The van der Waals surface area contributed by atoms with Gasteiger partial charge in [-0.2, -0.15) is 0 Å². The third-order valence-corrected chi connectivity index (χ3v) is 4.23. The van der Waals surface area contributed by atoms with Crippen molar-refractivity contribution in [1.29, 1.82) is 0 Å². The molecule has 3 rings (SSSR count). The number of fused-ring (bicyclic) bond motifs is 3. The van der Waals surface area contributed by atoms with E-state index < -0.39 is 0 Å². The number of nitrogen functional groups attached to an aromatic ring is 1. The largest absolute Gasteiger partial charge is 0.398 e. The fourth-order valence-corrected chi connectivity index (χ4v) is 3.39. The van der Waals surface area contributed by atoms with Gasteiger partial charge in [0.25, 0.3) is 0 Å². The van der Waals surface area contributed by atoms with Crippen molar-refractivity contribution in [2.24, 2.45) is 0 Å². The molecule has 0 amide bonds. The van der Waals surface area contributed by atoms with Crippen LogP contribution in [0.25, 0.3) is 10.8 Å². The van der Waals surface area contributed by atoms with Crippen molar-refractivity contribution in [3.8, 4) is 0 Å². The van der Waals surface area contributed by atoms with Gasteiger partial charge in [0.15, 0.2) is 0 Å². The lowest BCUT2D eigenvalue weighted by molar-refractivity contribution is 0.896. The molecule has 2 N–H and O–H groups in total. The average Bonchev–Trinajstić information content (AvgIpc) is 2.29. The van der Waals surface area contributed by atoms with E-state index in [1.807, 2.05) is 23.9 Å². The third kappa shape index (κ3) is 1.40. The van der Waals surface area contributed by atoms with Crippen molar-refractivity contribution < 1.29 is 0 Å². The van der Waals surface area contributed by atoms with Gasteiger partial charge in [-0.15, -0.1) is 11.8 Å². The van der Waals surface area contributed by atoms with Gasteiger partial charge >= 0.3 is 0 Å². The Labute approximate surface area is 93.7 Å². The molecule has 2 aromatic rings. The maximum atomic E-state index is 5.98. The molecule has 0 spiro atoms. The van der Waals surface area contributed by atoms with E-state index in [1.165, 1.54) is 39.8 Å². The first kappa shape index (κ1) is 9.10. The molecule has 0 fully saturated rings. The van der Waals surface area contributed by atoms with Gasteiger partial charge < -0.3 is 5.73 Å². The third-order valence-electron chi connectivity index (χ3n) is 2.96. The molecule has 15 heavy (non-hydrogen) atoms. The van der Waals surface area contributed by atoms with Crippen LogP contribution in [0.3, 0.4) is 0 Å². The van der Waals surface area contributed by atoms with Crippen LogP contribution in [-0.2, 0) is 6.42 Å². The zero-order chi connectivity index (χ0) is 10.3. The second-order valence-corrected chi connectivity index (χ2v) is 5.05. The van der Waals surface area contributed by atoms with E-state index in [1.54, 1.807) is 0 Å². The molecule has 2 heteroatoms. The summed E-state index contributed by atoms with van der Waals surface area (Å²) in [7, 11) is 0. The smallest absolute Gasteiger partial charge is 0.0394 e. The van der Waals surface area contributed by atoms with Gasteiger partial charge in [-0.25, -0.2) is 0 Å². The van der Waals surface area contributed by atoms with E-state index >= 15 is 0 Å². The quantitative estimate of drug-likeness (QED) is 0.681. The summed E-state index contributed by atoms with van der Waals surface area (Å²) in [5.74, 6) is 1.24. The Hall–Kier alpha value is -1.15. The number of thioether (sulfide) groups is 1. The predicted octanol–water partition coefficient (Wildman–Crippen LogP) is 3.46. The molecule has 0 saturated heterocycles. The Kier molecular flexibility index (Phi) is 2.10. The van der Waals surface area contributed by atoms with E-state index in [9.17, 15) is 0 Å². The maximum Gasteiger partial charge on any atom is 0.0394 e. The highest BCUT2D eigenvalue weighted by atomic mass is 32.2. The van der Waals surface area contributed by atoms with Crippen LogP contribution in [0.5, 0.6) is 0 Å². The van der Waals surface area contributed by atoms with Crippen LogP contribution in [-0.4, -0.2) is 5.75 Å². The summed E-state index contributed by atoms with van der Waals surface area (Å²) >= 11 is 1.97. The SMILES string of the molecule is Nc1cccc2c3c(ccc12)CCCS3. The zero-order valence-electron chi connectivity index (χ0n) is 8.49. The summed E-state index contributed by atoms with van der Waals surface area (Å²) in [6.07, 6.45) is 2.51. The fraction of sp³-hybridized carbons (Fsp3) is 0.231. The normalized spacial score (nSPS) is 15.2. The molecule has 1 aliphatic heterocycles. The molecule has 76 valence electrons. The number of hydrogen-bond acceptors (Lipinski definition) is 2. The molecule has 0 aromatic heterocycles. The molecule has 0 bridgehead atoms. The van der Waals surface area contributed by atoms with Gasteiger partial charge in [0.1, 0.15) is 0 Å². The van der Waals surface area contributed by atoms with Gasteiger partial charge in [-0.1, -0.05) is 24.3 Å². The molecule has 0 unspecified atom stereocenters. The lowest BCUT2D eigenvalue weighted by Gasteiger charge is -2.17. The summed E-state index contributed by atoms with van der Waals surface area (Å²) in [6, 6.07) is 10.6. The topological polar surface area (TPSA) is 26.0 Å². The zero-order valence-corrected chi connectivity index (χ0v) is 9.31. The van der Waals surface area contributed by atoms with E-state index in [2.05, 4.69) is 18.2 Å². The van der Waals surface area contributed by atoms with Gasteiger partial charge in [0.2, 0.25) is 0 Å². The number of benzene rings is 2. The summed E-state index contributed by atoms with van der Waals surface area (Å²) in [5.41, 5.74) is 8.36. The molecule has 0 radical (unpaired) electrons. The van der Waals surface area contributed by atoms with Crippen molar-refractivity contribution in [3.63, 3.8) is 0 Å². The molecule has 1 nitrogen and oxygen atoms in total. The minimum absolute atomic E-state index is 0.890. The minimum Gasteiger partial charge on any atom is -0.398 e. The summed E-state index contributed by atoms with van der Waals surface area (Å²) in [6.45, 7) is 0. The Balaban J connectivity index is 2.36. The van der Waals surface area contributed by atoms with Crippen LogP contribution in [0, 0.1) is 0 Å². The minimum atomic E-state index is 0.890. The van der Waals surface area contributed by atoms with Crippen LogP contribution >= 0.6 is 11.8 Å².